The van der Waals surface area contributed by atoms with Gasteiger partial charge in [0.15, 0.2) is 0 Å². The molecule has 0 fully saturated rings. The molecule has 0 aliphatic heterocycles. The summed E-state index contributed by atoms with van der Waals surface area (Å²) in [6, 6.07) is 17.1. The monoisotopic (exact) mass is 489 g/mol. The molecule has 3 rings (SSSR count). The predicted octanol–water partition coefficient (Wildman–Crippen LogP) is 4.95. The highest BCUT2D eigenvalue weighted by atomic mass is 35.5. The van der Waals surface area contributed by atoms with E-state index in [1.165, 1.54) is 30.5 Å². The number of amides is 2. The lowest BCUT2D eigenvalue weighted by Crippen LogP contribution is -2.32. The first-order valence-electron chi connectivity index (χ1n) is 8.98. The van der Waals surface area contributed by atoms with Crippen LogP contribution >= 0.6 is 34.8 Å². The topological polar surface area (TPSA) is 96.9 Å². The number of anilines is 1. The molecule has 0 heterocycles. The molecule has 0 bridgehead atoms. The Labute approximate surface area is 197 Å². The Morgan fingerprint density at radius 3 is 2.19 bits per heavy atom. The molecule has 2 amide bonds. The van der Waals surface area contributed by atoms with Crippen molar-refractivity contribution in [1.82, 2.24) is 5.43 Å². The van der Waals surface area contributed by atoms with E-state index in [2.05, 4.69) is 15.8 Å². The van der Waals surface area contributed by atoms with Crippen molar-refractivity contribution in [3.8, 4) is 5.75 Å². The van der Waals surface area contributed by atoms with Gasteiger partial charge >= 0.3 is 17.8 Å². The second-order valence-electron chi connectivity index (χ2n) is 6.28. The van der Waals surface area contributed by atoms with Crippen LogP contribution in [0.1, 0.15) is 15.9 Å². The maximum absolute atomic E-state index is 12.2. The molecule has 2 N–H and O–H groups in total. The van der Waals surface area contributed by atoms with Gasteiger partial charge in [-0.1, -0.05) is 46.9 Å². The fraction of sp³-hybridized carbons (Fsp3) is 0. The number of rotatable bonds is 5. The van der Waals surface area contributed by atoms with Crippen molar-refractivity contribution in [1.29, 1.82) is 0 Å². The largest absolute Gasteiger partial charge is 0.423 e. The lowest BCUT2D eigenvalue weighted by Gasteiger charge is -2.06. The minimum atomic E-state index is -0.998. The van der Waals surface area contributed by atoms with Crippen LogP contribution in [0.4, 0.5) is 5.69 Å². The average molecular weight is 491 g/mol. The van der Waals surface area contributed by atoms with E-state index < -0.39 is 17.8 Å². The molecule has 0 saturated carbocycles. The van der Waals surface area contributed by atoms with Crippen molar-refractivity contribution in [2.75, 3.05) is 5.32 Å². The number of nitrogens with one attached hydrogen (secondary N) is 2. The highest BCUT2D eigenvalue weighted by Gasteiger charge is 2.13. The van der Waals surface area contributed by atoms with Gasteiger partial charge in [0.05, 0.1) is 11.8 Å². The third-order valence-electron chi connectivity index (χ3n) is 3.85. The molecular weight excluding hydrogens is 477 g/mol. The van der Waals surface area contributed by atoms with Gasteiger partial charge in [0.25, 0.3) is 0 Å². The van der Waals surface area contributed by atoms with Gasteiger partial charge in [-0.25, -0.2) is 10.2 Å². The van der Waals surface area contributed by atoms with Gasteiger partial charge in [-0.15, -0.1) is 0 Å². The van der Waals surface area contributed by atoms with E-state index in [0.717, 1.165) is 0 Å². The Bertz CT molecular complexity index is 1180. The zero-order valence-corrected chi connectivity index (χ0v) is 18.4. The van der Waals surface area contributed by atoms with E-state index in [1.807, 2.05) is 0 Å². The smallest absolute Gasteiger partial charge is 0.343 e. The highest BCUT2D eigenvalue weighted by Crippen LogP contribution is 2.22. The van der Waals surface area contributed by atoms with E-state index in [4.69, 9.17) is 39.5 Å². The molecule has 0 aromatic heterocycles. The SMILES string of the molecule is O=C(NN=Cc1cccc(OC(=O)c2ccc(Cl)cc2)c1)C(=O)Nc1cc(Cl)cc(Cl)c1. The maximum Gasteiger partial charge on any atom is 0.343 e. The zero-order valence-electron chi connectivity index (χ0n) is 16.1. The van der Waals surface area contributed by atoms with Crippen LogP contribution in [0.25, 0.3) is 0 Å². The maximum atomic E-state index is 12.2. The minimum absolute atomic E-state index is 0.266. The molecule has 0 spiro atoms. The Morgan fingerprint density at radius 2 is 1.50 bits per heavy atom. The third-order valence-corrected chi connectivity index (χ3v) is 4.54. The Morgan fingerprint density at radius 1 is 0.812 bits per heavy atom. The number of carbonyl (C=O) groups is 3. The molecule has 0 aliphatic carbocycles. The summed E-state index contributed by atoms with van der Waals surface area (Å²) in [5.74, 6) is -2.23. The fourth-order valence-corrected chi connectivity index (χ4v) is 3.09. The number of halogens is 3. The predicted molar refractivity (Wildman–Crippen MR) is 124 cm³/mol. The highest BCUT2D eigenvalue weighted by molar-refractivity contribution is 6.40. The summed E-state index contributed by atoms with van der Waals surface area (Å²) in [6.45, 7) is 0. The van der Waals surface area contributed by atoms with Crippen LogP contribution in [0.5, 0.6) is 5.75 Å². The van der Waals surface area contributed by atoms with Gasteiger partial charge in [-0.2, -0.15) is 5.10 Å². The van der Waals surface area contributed by atoms with Gasteiger partial charge < -0.3 is 10.1 Å². The summed E-state index contributed by atoms with van der Waals surface area (Å²) in [6.07, 6.45) is 1.29. The van der Waals surface area contributed by atoms with E-state index >= 15 is 0 Å². The van der Waals surface area contributed by atoms with E-state index in [-0.39, 0.29) is 11.4 Å². The number of nitrogens with zero attached hydrogens (tertiary/aromatic N) is 1. The summed E-state index contributed by atoms with van der Waals surface area (Å²) in [7, 11) is 0. The lowest BCUT2D eigenvalue weighted by molar-refractivity contribution is -0.136. The molecule has 0 radical (unpaired) electrons. The van der Waals surface area contributed by atoms with Gasteiger partial charge in [0, 0.05) is 20.8 Å². The Kier molecular flexibility index (Phi) is 7.83. The van der Waals surface area contributed by atoms with Crippen LogP contribution in [0.15, 0.2) is 71.8 Å². The van der Waals surface area contributed by atoms with Crippen molar-refractivity contribution in [3.05, 3.63) is 92.9 Å². The van der Waals surface area contributed by atoms with Crippen LogP contribution in [0, 0.1) is 0 Å². The molecule has 0 saturated heterocycles. The van der Waals surface area contributed by atoms with Crippen LogP contribution in [0.2, 0.25) is 15.1 Å². The van der Waals surface area contributed by atoms with Gasteiger partial charge in [-0.05, 0) is 60.2 Å². The first kappa shape index (κ1) is 23.3. The van der Waals surface area contributed by atoms with E-state index in [0.29, 0.717) is 26.2 Å². The minimum Gasteiger partial charge on any atom is -0.423 e. The van der Waals surface area contributed by atoms with Crippen molar-refractivity contribution in [2.24, 2.45) is 5.10 Å². The first-order valence-corrected chi connectivity index (χ1v) is 10.1. The van der Waals surface area contributed by atoms with Gasteiger partial charge in [0.1, 0.15) is 5.75 Å². The second-order valence-corrected chi connectivity index (χ2v) is 7.59. The zero-order chi connectivity index (χ0) is 23.1. The van der Waals surface area contributed by atoms with Crippen LogP contribution in [-0.2, 0) is 9.59 Å². The molecule has 7 nitrogen and oxygen atoms in total. The van der Waals surface area contributed by atoms with Gasteiger partial charge in [0.2, 0.25) is 0 Å². The van der Waals surface area contributed by atoms with Crippen LogP contribution in [0.3, 0.4) is 0 Å². The summed E-state index contributed by atoms with van der Waals surface area (Å²) in [4.78, 5) is 36.1. The Hall–Kier alpha value is -3.39. The third kappa shape index (κ3) is 6.81. The summed E-state index contributed by atoms with van der Waals surface area (Å²) in [5, 5.41) is 7.22. The molecule has 32 heavy (non-hydrogen) atoms. The molecule has 0 unspecified atom stereocenters. The normalized spacial score (nSPS) is 10.6. The molecular formula is C22H14Cl3N3O4. The van der Waals surface area contributed by atoms with Crippen LogP contribution < -0.4 is 15.5 Å². The van der Waals surface area contributed by atoms with Crippen molar-refractivity contribution < 1.29 is 19.1 Å². The summed E-state index contributed by atoms with van der Waals surface area (Å²) < 4.78 is 5.32. The molecule has 10 heteroatoms. The number of esters is 1. The average Bonchev–Trinajstić information content (AvgIpc) is 2.73. The molecule has 0 atom stereocenters. The van der Waals surface area contributed by atoms with Gasteiger partial charge in [-0.3, -0.25) is 9.59 Å². The fourth-order valence-electron chi connectivity index (χ4n) is 2.44. The quantitative estimate of drug-likeness (QED) is 0.174. The number of carbonyl (C=O) groups excluding carboxylic acids is 3. The van der Waals surface area contributed by atoms with Crippen molar-refractivity contribution in [2.45, 2.75) is 0 Å². The first-order chi connectivity index (χ1) is 15.3. The standard InChI is InChI=1S/C22H14Cl3N3O4/c23-15-6-4-14(5-7-15)22(31)32-19-3-1-2-13(8-19)12-26-28-21(30)20(29)27-18-10-16(24)9-17(25)11-18/h1-12H,(H,27,29)(H,28,30). The van der Waals surface area contributed by atoms with E-state index in [9.17, 15) is 14.4 Å². The number of ether oxygens (including phenoxy) is 1. The van der Waals surface area contributed by atoms with E-state index in [1.54, 1.807) is 42.5 Å². The van der Waals surface area contributed by atoms with Crippen LogP contribution in [-0.4, -0.2) is 24.0 Å². The molecule has 3 aromatic rings. The van der Waals surface area contributed by atoms with Crippen molar-refractivity contribution in [3.63, 3.8) is 0 Å². The number of hydrazone groups is 1. The molecule has 0 aliphatic rings. The number of hydrogen-bond donors (Lipinski definition) is 2. The summed E-state index contributed by atoms with van der Waals surface area (Å²) >= 11 is 17.5. The molecule has 3 aromatic carbocycles. The molecule has 162 valence electrons. The second kappa shape index (κ2) is 10.8. The van der Waals surface area contributed by atoms with Crippen molar-refractivity contribution >= 4 is 64.5 Å². The summed E-state index contributed by atoms with van der Waals surface area (Å²) in [5.41, 5.74) is 3.23. The Balaban J connectivity index is 1.57. The number of benzene rings is 3. The lowest BCUT2D eigenvalue weighted by atomic mass is 10.2. The number of hydrogen-bond acceptors (Lipinski definition) is 5.